The van der Waals surface area contributed by atoms with E-state index in [0.29, 0.717) is 17.2 Å². The van der Waals surface area contributed by atoms with Crippen LogP contribution >= 0.6 is 56.8 Å². The molecule has 0 saturated heterocycles. The Labute approximate surface area is 252 Å². The van der Waals surface area contributed by atoms with Crippen molar-refractivity contribution < 1.29 is 9.53 Å². The molecule has 0 aliphatic heterocycles. The molecule has 38 heavy (non-hydrogen) atoms. The number of amides is 1. The fourth-order valence-electron chi connectivity index (χ4n) is 3.92. The molecule has 0 radical (unpaired) electrons. The number of carbonyl (C=O) groups excluding carboxylic acids is 1. The molecular formula is C30H20ClI2N3O2. The standard InChI is InChI=1S/C30H20ClI2N3O2/c31-22-10-6-7-19(13-22)18-38-29-25(32)14-20(15-26(29)33)17-34-36-30(37)24-16-28(21-8-2-1-3-9-21)35-27-12-5-4-11-23(24)27/h1-17H,18H2,(H,36,37)/b34-17-. The SMILES string of the molecule is O=C(N/N=C\c1cc(I)c(OCc2cccc(Cl)c2)c(I)c1)c1cc(-c2ccccc2)nc2ccccc12. The van der Waals surface area contributed by atoms with E-state index in [-0.39, 0.29) is 5.91 Å². The van der Waals surface area contributed by atoms with Crippen molar-refractivity contribution in [2.24, 2.45) is 5.10 Å². The summed E-state index contributed by atoms with van der Waals surface area (Å²) in [5, 5.41) is 5.68. The van der Waals surface area contributed by atoms with Crippen molar-refractivity contribution >= 4 is 79.8 Å². The van der Waals surface area contributed by atoms with Crippen molar-refractivity contribution in [2.45, 2.75) is 6.61 Å². The van der Waals surface area contributed by atoms with Crippen molar-refractivity contribution in [3.63, 3.8) is 0 Å². The molecule has 0 bridgehead atoms. The van der Waals surface area contributed by atoms with Crippen LogP contribution in [0.2, 0.25) is 5.02 Å². The summed E-state index contributed by atoms with van der Waals surface area (Å²) in [6.45, 7) is 0.418. The molecule has 0 unspecified atom stereocenters. The van der Waals surface area contributed by atoms with Crippen molar-refractivity contribution in [1.82, 2.24) is 10.4 Å². The number of carbonyl (C=O) groups is 1. The number of aromatic nitrogens is 1. The number of hydrogen-bond donors (Lipinski definition) is 1. The van der Waals surface area contributed by atoms with Crippen LogP contribution < -0.4 is 10.2 Å². The lowest BCUT2D eigenvalue weighted by Gasteiger charge is -2.12. The number of nitrogens with one attached hydrogen (secondary N) is 1. The van der Waals surface area contributed by atoms with E-state index in [1.54, 1.807) is 12.3 Å². The second-order valence-electron chi connectivity index (χ2n) is 8.37. The minimum Gasteiger partial charge on any atom is -0.487 e. The number of benzene rings is 4. The fraction of sp³-hybridized carbons (Fsp3) is 0.0333. The van der Waals surface area contributed by atoms with Crippen LogP contribution in [0.25, 0.3) is 22.2 Å². The summed E-state index contributed by atoms with van der Waals surface area (Å²) in [6.07, 6.45) is 1.63. The molecular weight excluding hydrogens is 724 g/mol. The van der Waals surface area contributed by atoms with Gasteiger partial charge >= 0.3 is 0 Å². The molecule has 0 fully saturated rings. The topological polar surface area (TPSA) is 63.6 Å². The Morgan fingerprint density at radius 1 is 0.921 bits per heavy atom. The number of hydrazone groups is 1. The Hall–Kier alpha value is -3.02. The zero-order valence-corrected chi connectivity index (χ0v) is 24.9. The molecule has 0 atom stereocenters. The summed E-state index contributed by atoms with van der Waals surface area (Å²) < 4.78 is 7.94. The lowest BCUT2D eigenvalue weighted by Crippen LogP contribution is -2.18. The van der Waals surface area contributed by atoms with E-state index in [1.165, 1.54) is 0 Å². The van der Waals surface area contributed by atoms with Crippen molar-refractivity contribution in [3.8, 4) is 17.0 Å². The number of fused-ring (bicyclic) bond motifs is 1. The molecule has 0 aliphatic rings. The molecule has 0 spiro atoms. The van der Waals surface area contributed by atoms with Crippen LogP contribution in [0.1, 0.15) is 21.5 Å². The smallest absolute Gasteiger partial charge is 0.272 e. The van der Waals surface area contributed by atoms with Crippen LogP contribution in [0.5, 0.6) is 5.75 Å². The maximum absolute atomic E-state index is 13.2. The molecule has 1 heterocycles. The van der Waals surface area contributed by atoms with Gasteiger partial charge in [-0.2, -0.15) is 5.10 Å². The second kappa shape index (κ2) is 12.2. The third-order valence-electron chi connectivity index (χ3n) is 5.70. The first-order valence-corrected chi connectivity index (χ1v) is 14.2. The van der Waals surface area contributed by atoms with Crippen molar-refractivity contribution in [1.29, 1.82) is 0 Å². The third kappa shape index (κ3) is 6.33. The number of rotatable bonds is 7. The molecule has 5 nitrogen and oxygen atoms in total. The Morgan fingerprint density at radius 2 is 1.66 bits per heavy atom. The summed E-state index contributed by atoms with van der Waals surface area (Å²) in [4.78, 5) is 17.9. The van der Waals surface area contributed by atoms with Gasteiger partial charge in [-0.15, -0.1) is 0 Å². The number of para-hydroxylation sites is 1. The minimum absolute atomic E-state index is 0.303. The van der Waals surface area contributed by atoms with Gasteiger partial charge in [0.05, 0.1) is 30.1 Å². The fourth-order valence-corrected chi connectivity index (χ4v) is 6.26. The van der Waals surface area contributed by atoms with Gasteiger partial charge < -0.3 is 4.74 Å². The van der Waals surface area contributed by atoms with Gasteiger partial charge in [-0.3, -0.25) is 4.79 Å². The lowest BCUT2D eigenvalue weighted by molar-refractivity contribution is 0.0956. The Bertz CT molecular complexity index is 1640. The number of nitrogens with zero attached hydrogens (tertiary/aromatic N) is 2. The van der Waals surface area contributed by atoms with E-state index in [9.17, 15) is 4.79 Å². The van der Waals surface area contributed by atoms with Gasteiger partial charge in [-0.25, -0.2) is 10.4 Å². The van der Waals surface area contributed by atoms with Crippen LogP contribution in [0.3, 0.4) is 0 Å². The molecule has 4 aromatic carbocycles. The molecule has 0 saturated carbocycles. The number of pyridine rings is 1. The maximum atomic E-state index is 13.2. The molecule has 1 N–H and O–H groups in total. The number of hydrogen-bond acceptors (Lipinski definition) is 4. The first-order valence-electron chi connectivity index (χ1n) is 11.6. The predicted molar refractivity (Wildman–Crippen MR) is 170 cm³/mol. The Morgan fingerprint density at radius 3 is 2.42 bits per heavy atom. The summed E-state index contributed by atoms with van der Waals surface area (Å²) >= 11 is 10.6. The zero-order valence-electron chi connectivity index (χ0n) is 19.9. The first-order chi connectivity index (χ1) is 18.5. The van der Waals surface area contributed by atoms with E-state index < -0.39 is 0 Å². The molecule has 188 valence electrons. The van der Waals surface area contributed by atoms with E-state index in [1.807, 2.05) is 91.0 Å². The highest BCUT2D eigenvalue weighted by Crippen LogP contribution is 2.30. The van der Waals surface area contributed by atoms with E-state index in [2.05, 4.69) is 55.7 Å². The maximum Gasteiger partial charge on any atom is 0.272 e. The van der Waals surface area contributed by atoms with Crippen LogP contribution in [0.15, 0.2) is 102 Å². The largest absolute Gasteiger partial charge is 0.487 e. The number of ether oxygens (including phenoxy) is 1. The van der Waals surface area contributed by atoms with Gasteiger partial charge in [0, 0.05) is 16.0 Å². The second-order valence-corrected chi connectivity index (χ2v) is 11.1. The Balaban J connectivity index is 1.33. The predicted octanol–water partition coefficient (Wildman–Crippen LogP) is 8.11. The highest BCUT2D eigenvalue weighted by Gasteiger charge is 2.14. The molecule has 5 rings (SSSR count). The lowest BCUT2D eigenvalue weighted by atomic mass is 10.0. The monoisotopic (exact) mass is 743 g/mol. The third-order valence-corrected chi connectivity index (χ3v) is 7.54. The molecule has 8 heteroatoms. The molecule has 1 amide bonds. The van der Waals surface area contributed by atoms with Crippen molar-refractivity contribution in [2.75, 3.05) is 0 Å². The van der Waals surface area contributed by atoms with Gasteiger partial charge in [0.25, 0.3) is 5.91 Å². The van der Waals surface area contributed by atoms with Gasteiger partial charge in [-0.05, 0) is 92.7 Å². The van der Waals surface area contributed by atoms with E-state index >= 15 is 0 Å². The normalized spacial score (nSPS) is 11.1. The van der Waals surface area contributed by atoms with Gasteiger partial charge in [0.1, 0.15) is 12.4 Å². The quantitative estimate of drug-likeness (QED) is 0.104. The Kier molecular flexibility index (Phi) is 8.55. The minimum atomic E-state index is -0.303. The summed E-state index contributed by atoms with van der Waals surface area (Å²) in [7, 11) is 0. The highest BCUT2D eigenvalue weighted by molar-refractivity contribution is 14.1. The highest BCUT2D eigenvalue weighted by atomic mass is 127. The van der Waals surface area contributed by atoms with Crippen LogP contribution in [0.4, 0.5) is 0 Å². The van der Waals surface area contributed by atoms with Gasteiger partial charge in [0.2, 0.25) is 0 Å². The summed E-state index contributed by atoms with van der Waals surface area (Å²) in [5.41, 5.74) is 7.46. The summed E-state index contributed by atoms with van der Waals surface area (Å²) in [5.74, 6) is 0.493. The average molecular weight is 744 g/mol. The molecule has 0 aliphatic carbocycles. The van der Waals surface area contributed by atoms with Gasteiger partial charge in [-0.1, -0.05) is 72.3 Å². The van der Waals surface area contributed by atoms with E-state index in [4.69, 9.17) is 21.3 Å². The summed E-state index contributed by atoms with van der Waals surface area (Å²) in [6, 6.07) is 30.7. The first kappa shape index (κ1) is 26.6. The van der Waals surface area contributed by atoms with Crippen LogP contribution in [-0.2, 0) is 6.61 Å². The van der Waals surface area contributed by atoms with Crippen LogP contribution in [0, 0.1) is 7.14 Å². The van der Waals surface area contributed by atoms with Gasteiger partial charge in [0.15, 0.2) is 0 Å². The van der Waals surface area contributed by atoms with Crippen LogP contribution in [-0.4, -0.2) is 17.1 Å². The molecule has 5 aromatic rings. The average Bonchev–Trinajstić information content (AvgIpc) is 2.92. The van der Waals surface area contributed by atoms with E-state index in [0.717, 1.165) is 46.2 Å². The van der Waals surface area contributed by atoms with Crippen molar-refractivity contribution in [3.05, 3.63) is 126 Å². The zero-order chi connectivity index (χ0) is 26.5. The number of halogens is 3. The molecule has 1 aromatic heterocycles.